The maximum atomic E-state index is 12.7. The molecule has 0 fully saturated rings. The third-order valence-corrected chi connectivity index (χ3v) is 3.35. The Bertz CT molecular complexity index is 599. The lowest BCUT2D eigenvalue weighted by Crippen LogP contribution is -2.38. The highest BCUT2D eigenvalue weighted by Crippen LogP contribution is 2.33. The second-order valence-corrected chi connectivity index (χ2v) is 4.98. The van der Waals surface area contributed by atoms with E-state index in [0.717, 1.165) is 5.56 Å². The van der Waals surface area contributed by atoms with Crippen LogP contribution in [-0.2, 0) is 16.0 Å². The number of hydrogen-bond donors (Lipinski definition) is 1. The predicted molar refractivity (Wildman–Crippen MR) is 88.9 cm³/mol. The average molecular weight is 337 g/mol. The average Bonchev–Trinajstić information content (AvgIpc) is 2.57. The minimum absolute atomic E-state index is 0.173. The topological polar surface area (TPSA) is 85.3 Å². The summed E-state index contributed by atoms with van der Waals surface area (Å²) in [6.45, 7) is 3.70. The fourth-order valence-corrected chi connectivity index (χ4v) is 2.27. The van der Waals surface area contributed by atoms with Crippen molar-refractivity contribution >= 4 is 11.9 Å². The zero-order valence-corrected chi connectivity index (χ0v) is 14.2. The van der Waals surface area contributed by atoms with E-state index >= 15 is 0 Å². The van der Waals surface area contributed by atoms with Crippen LogP contribution < -0.4 is 9.47 Å². The summed E-state index contributed by atoms with van der Waals surface area (Å²) in [7, 11) is 4.48. The van der Waals surface area contributed by atoms with Crippen LogP contribution in [0.25, 0.3) is 0 Å². The first-order valence-electron chi connectivity index (χ1n) is 7.34. The third kappa shape index (κ3) is 4.99. The van der Waals surface area contributed by atoms with Crippen molar-refractivity contribution in [1.82, 2.24) is 4.90 Å². The van der Waals surface area contributed by atoms with Gasteiger partial charge in [0.05, 0.1) is 20.8 Å². The first-order chi connectivity index (χ1) is 11.5. The van der Waals surface area contributed by atoms with Crippen LogP contribution in [0.2, 0.25) is 0 Å². The molecule has 24 heavy (non-hydrogen) atoms. The summed E-state index contributed by atoms with van der Waals surface area (Å²) >= 11 is 0. The Hall–Kier alpha value is -2.54. The van der Waals surface area contributed by atoms with Gasteiger partial charge in [0.1, 0.15) is 6.54 Å². The molecule has 0 saturated carbocycles. The van der Waals surface area contributed by atoms with E-state index in [4.69, 9.17) is 19.3 Å². The highest BCUT2D eigenvalue weighted by molar-refractivity contribution is 5.96. The molecule has 0 bridgehead atoms. The van der Waals surface area contributed by atoms with E-state index in [1.807, 2.05) is 0 Å². The van der Waals surface area contributed by atoms with Crippen molar-refractivity contribution in [1.29, 1.82) is 0 Å². The molecule has 0 radical (unpaired) electrons. The van der Waals surface area contributed by atoms with Crippen molar-refractivity contribution in [3.63, 3.8) is 0 Å². The molecule has 1 aromatic carbocycles. The normalized spacial score (nSPS) is 10.1. The quantitative estimate of drug-likeness (QED) is 0.653. The molecule has 7 nitrogen and oxygen atoms in total. The monoisotopic (exact) mass is 337 g/mol. The van der Waals surface area contributed by atoms with Crippen molar-refractivity contribution in [3.05, 3.63) is 35.9 Å². The van der Waals surface area contributed by atoms with Crippen molar-refractivity contribution in [3.8, 4) is 11.5 Å². The van der Waals surface area contributed by atoms with Gasteiger partial charge in [-0.15, -0.1) is 6.58 Å². The molecule has 0 heterocycles. The van der Waals surface area contributed by atoms with Crippen LogP contribution in [-0.4, -0.2) is 62.9 Å². The maximum absolute atomic E-state index is 12.7. The number of aliphatic carboxylic acids is 1. The largest absolute Gasteiger partial charge is 0.493 e. The number of carboxylic acid groups (broad SMARTS) is 1. The Morgan fingerprint density at radius 2 is 1.96 bits per heavy atom. The smallest absolute Gasteiger partial charge is 0.323 e. The summed E-state index contributed by atoms with van der Waals surface area (Å²) in [6.07, 6.45) is 2.17. The Labute approximate surface area is 141 Å². The lowest BCUT2D eigenvalue weighted by atomic mass is 10.0. The van der Waals surface area contributed by atoms with Crippen LogP contribution in [0.15, 0.2) is 24.8 Å². The van der Waals surface area contributed by atoms with E-state index in [-0.39, 0.29) is 13.2 Å². The fraction of sp³-hybridized carbons (Fsp3) is 0.412. The number of amides is 1. The van der Waals surface area contributed by atoms with Crippen molar-refractivity contribution in [2.45, 2.75) is 6.42 Å². The van der Waals surface area contributed by atoms with Crippen LogP contribution in [0.4, 0.5) is 0 Å². The molecular formula is C17H23NO6. The van der Waals surface area contributed by atoms with E-state index in [1.54, 1.807) is 12.1 Å². The number of rotatable bonds is 10. The highest BCUT2D eigenvalue weighted by atomic mass is 16.5. The zero-order valence-electron chi connectivity index (χ0n) is 14.2. The molecule has 132 valence electrons. The van der Waals surface area contributed by atoms with Crippen LogP contribution >= 0.6 is 0 Å². The van der Waals surface area contributed by atoms with E-state index in [9.17, 15) is 9.59 Å². The number of carboxylic acids is 1. The molecule has 1 amide bonds. The zero-order chi connectivity index (χ0) is 18.1. The van der Waals surface area contributed by atoms with Crippen molar-refractivity contribution < 1.29 is 28.9 Å². The van der Waals surface area contributed by atoms with Gasteiger partial charge in [0.2, 0.25) is 0 Å². The van der Waals surface area contributed by atoms with Gasteiger partial charge in [0, 0.05) is 24.8 Å². The molecule has 0 atom stereocenters. The number of carbonyl (C=O) groups is 2. The molecule has 0 unspecified atom stereocenters. The summed E-state index contributed by atoms with van der Waals surface area (Å²) in [4.78, 5) is 24.9. The summed E-state index contributed by atoms with van der Waals surface area (Å²) in [5, 5.41) is 9.01. The van der Waals surface area contributed by atoms with Crippen LogP contribution in [0.1, 0.15) is 15.9 Å². The van der Waals surface area contributed by atoms with Crippen LogP contribution in [0.3, 0.4) is 0 Å². The molecule has 0 aliphatic carbocycles. The number of ether oxygens (including phenoxy) is 3. The molecule has 0 spiro atoms. The van der Waals surface area contributed by atoms with Gasteiger partial charge < -0.3 is 24.2 Å². The number of methoxy groups -OCH3 is 3. The number of carbonyl (C=O) groups excluding carboxylic acids is 1. The highest BCUT2D eigenvalue weighted by Gasteiger charge is 2.21. The SMILES string of the molecule is C=CCc1cc(C(=O)N(CCOC)CC(=O)O)cc(OC)c1OC. The standard InChI is InChI=1S/C17H23NO6/c1-5-6-12-9-13(10-14(23-3)16(12)24-4)17(21)18(7-8-22-2)11-15(19)20/h5,9-10H,1,6-8,11H2,2-4H3,(H,19,20). The number of nitrogens with zero attached hydrogens (tertiary/aromatic N) is 1. The molecule has 1 N–H and O–H groups in total. The second-order valence-electron chi connectivity index (χ2n) is 4.98. The number of benzene rings is 1. The Morgan fingerprint density at radius 3 is 2.46 bits per heavy atom. The molecule has 0 saturated heterocycles. The molecule has 0 aliphatic rings. The van der Waals surface area contributed by atoms with Crippen LogP contribution in [0, 0.1) is 0 Å². The lowest BCUT2D eigenvalue weighted by Gasteiger charge is -2.22. The summed E-state index contributed by atoms with van der Waals surface area (Å²) in [6, 6.07) is 3.20. The second kappa shape index (κ2) is 9.57. The van der Waals surface area contributed by atoms with Crippen molar-refractivity contribution in [2.75, 3.05) is 41.0 Å². The van der Waals surface area contributed by atoms with Crippen molar-refractivity contribution in [2.24, 2.45) is 0 Å². The summed E-state index contributed by atoms with van der Waals surface area (Å²) in [5.74, 6) is -0.579. The Morgan fingerprint density at radius 1 is 1.25 bits per heavy atom. The van der Waals surface area contributed by atoms with Gasteiger partial charge in [0.15, 0.2) is 11.5 Å². The van der Waals surface area contributed by atoms with Gasteiger partial charge in [-0.25, -0.2) is 0 Å². The minimum atomic E-state index is -1.09. The first kappa shape index (κ1) is 19.5. The van der Waals surface area contributed by atoms with E-state index < -0.39 is 18.4 Å². The lowest BCUT2D eigenvalue weighted by molar-refractivity contribution is -0.137. The van der Waals surface area contributed by atoms with Gasteiger partial charge in [-0.2, -0.15) is 0 Å². The van der Waals surface area contributed by atoms with E-state index in [2.05, 4.69) is 6.58 Å². The third-order valence-electron chi connectivity index (χ3n) is 3.35. The van der Waals surface area contributed by atoms with E-state index in [1.165, 1.54) is 32.3 Å². The molecule has 0 aromatic heterocycles. The Balaban J connectivity index is 3.25. The predicted octanol–water partition coefficient (Wildman–Crippen LogP) is 1.61. The van der Waals surface area contributed by atoms with E-state index in [0.29, 0.717) is 23.5 Å². The van der Waals surface area contributed by atoms with Gasteiger partial charge in [-0.1, -0.05) is 6.08 Å². The molecule has 1 aromatic rings. The van der Waals surface area contributed by atoms with Gasteiger partial charge in [0.25, 0.3) is 5.91 Å². The first-order valence-corrected chi connectivity index (χ1v) is 7.34. The fourth-order valence-electron chi connectivity index (χ4n) is 2.27. The van der Waals surface area contributed by atoms with Gasteiger partial charge >= 0.3 is 5.97 Å². The number of hydrogen-bond acceptors (Lipinski definition) is 5. The minimum Gasteiger partial charge on any atom is -0.493 e. The molecular weight excluding hydrogens is 314 g/mol. The summed E-state index contributed by atoms with van der Waals surface area (Å²) in [5.41, 5.74) is 1.05. The van der Waals surface area contributed by atoms with Crippen LogP contribution in [0.5, 0.6) is 11.5 Å². The Kier molecular flexibility index (Phi) is 7.77. The van der Waals surface area contributed by atoms with Gasteiger partial charge in [-0.3, -0.25) is 9.59 Å². The molecule has 7 heteroatoms. The van der Waals surface area contributed by atoms with Gasteiger partial charge in [-0.05, 0) is 18.6 Å². The molecule has 1 rings (SSSR count). The number of allylic oxidation sites excluding steroid dienone is 1. The summed E-state index contributed by atoms with van der Waals surface area (Å²) < 4.78 is 15.6. The molecule has 0 aliphatic heterocycles. The maximum Gasteiger partial charge on any atom is 0.323 e.